The van der Waals surface area contributed by atoms with Crippen LogP contribution in [0.5, 0.6) is 0 Å². The monoisotopic (exact) mass is 210 g/mol. The molecule has 1 fully saturated rings. The molecule has 0 aliphatic carbocycles. The first kappa shape index (κ1) is 9.58. The standard InChI is InChI=1S/C9H14N4S/c1-6-4-14-5-7(6)12-9-11-3-2-8(10)13-9/h2-3,6-7H,4-5H2,1H3,(H3,10,11,12,13). The van der Waals surface area contributed by atoms with Crippen molar-refractivity contribution >= 4 is 23.5 Å². The van der Waals surface area contributed by atoms with Gasteiger partial charge in [-0.2, -0.15) is 16.7 Å². The molecule has 76 valence electrons. The summed E-state index contributed by atoms with van der Waals surface area (Å²) in [6.45, 7) is 2.24. The smallest absolute Gasteiger partial charge is 0.224 e. The summed E-state index contributed by atoms with van der Waals surface area (Å²) in [6.07, 6.45) is 1.68. The van der Waals surface area contributed by atoms with Crippen molar-refractivity contribution in [2.75, 3.05) is 22.6 Å². The van der Waals surface area contributed by atoms with Crippen LogP contribution in [0.1, 0.15) is 6.92 Å². The van der Waals surface area contributed by atoms with Gasteiger partial charge < -0.3 is 11.1 Å². The quantitative estimate of drug-likeness (QED) is 0.768. The van der Waals surface area contributed by atoms with Gasteiger partial charge in [-0.25, -0.2) is 4.98 Å². The SMILES string of the molecule is CC1CSCC1Nc1nccc(N)n1. The largest absolute Gasteiger partial charge is 0.384 e. The van der Waals surface area contributed by atoms with Gasteiger partial charge in [-0.1, -0.05) is 6.92 Å². The van der Waals surface area contributed by atoms with Gasteiger partial charge in [0.05, 0.1) is 0 Å². The Morgan fingerprint density at radius 2 is 2.43 bits per heavy atom. The number of hydrogen-bond donors (Lipinski definition) is 2. The number of anilines is 2. The van der Waals surface area contributed by atoms with Gasteiger partial charge in [-0.3, -0.25) is 0 Å². The van der Waals surface area contributed by atoms with Gasteiger partial charge >= 0.3 is 0 Å². The van der Waals surface area contributed by atoms with Gasteiger partial charge in [-0.05, 0) is 17.7 Å². The number of nitrogen functional groups attached to an aromatic ring is 1. The molecule has 0 bridgehead atoms. The molecule has 1 aromatic heterocycles. The molecule has 5 heteroatoms. The van der Waals surface area contributed by atoms with E-state index in [0.717, 1.165) is 5.75 Å². The highest BCUT2D eigenvalue weighted by atomic mass is 32.2. The van der Waals surface area contributed by atoms with Gasteiger partial charge in [-0.15, -0.1) is 0 Å². The van der Waals surface area contributed by atoms with E-state index in [1.165, 1.54) is 5.75 Å². The van der Waals surface area contributed by atoms with Crippen molar-refractivity contribution in [1.29, 1.82) is 0 Å². The predicted molar refractivity (Wildman–Crippen MR) is 60.3 cm³/mol. The van der Waals surface area contributed by atoms with Gasteiger partial charge in [0.25, 0.3) is 0 Å². The minimum absolute atomic E-state index is 0.474. The zero-order valence-corrected chi connectivity index (χ0v) is 8.92. The van der Waals surface area contributed by atoms with E-state index in [0.29, 0.717) is 23.7 Å². The lowest BCUT2D eigenvalue weighted by Gasteiger charge is -2.15. The molecule has 0 amide bonds. The maximum absolute atomic E-state index is 5.57. The molecule has 0 aromatic carbocycles. The summed E-state index contributed by atoms with van der Waals surface area (Å²) in [4.78, 5) is 8.24. The highest BCUT2D eigenvalue weighted by Crippen LogP contribution is 2.25. The second-order valence-corrected chi connectivity index (χ2v) is 4.65. The second-order valence-electron chi connectivity index (χ2n) is 3.57. The van der Waals surface area contributed by atoms with Crippen LogP contribution in [0.3, 0.4) is 0 Å². The first-order chi connectivity index (χ1) is 6.75. The summed E-state index contributed by atoms with van der Waals surface area (Å²) in [6, 6.07) is 2.17. The lowest BCUT2D eigenvalue weighted by molar-refractivity contribution is 0.595. The van der Waals surface area contributed by atoms with Crippen LogP contribution in [-0.2, 0) is 0 Å². The fourth-order valence-electron chi connectivity index (χ4n) is 1.45. The van der Waals surface area contributed by atoms with E-state index >= 15 is 0 Å². The molecule has 0 saturated carbocycles. The van der Waals surface area contributed by atoms with Crippen molar-refractivity contribution < 1.29 is 0 Å². The molecule has 14 heavy (non-hydrogen) atoms. The molecule has 1 saturated heterocycles. The number of aromatic nitrogens is 2. The average Bonchev–Trinajstić information content (AvgIpc) is 2.52. The lowest BCUT2D eigenvalue weighted by atomic mass is 10.1. The van der Waals surface area contributed by atoms with Crippen molar-refractivity contribution in [3.63, 3.8) is 0 Å². The Hall–Kier alpha value is -0.970. The van der Waals surface area contributed by atoms with E-state index in [9.17, 15) is 0 Å². The summed E-state index contributed by atoms with van der Waals surface area (Å²) in [5.74, 6) is 4.16. The number of nitrogens with zero attached hydrogens (tertiary/aromatic N) is 2. The third-order valence-corrected chi connectivity index (χ3v) is 3.71. The molecule has 1 aromatic rings. The predicted octanol–water partition coefficient (Wildman–Crippen LogP) is 1.22. The fraction of sp³-hybridized carbons (Fsp3) is 0.556. The average molecular weight is 210 g/mol. The molecular weight excluding hydrogens is 196 g/mol. The Morgan fingerprint density at radius 3 is 3.07 bits per heavy atom. The maximum Gasteiger partial charge on any atom is 0.224 e. The second kappa shape index (κ2) is 4.04. The minimum Gasteiger partial charge on any atom is -0.384 e. The lowest BCUT2D eigenvalue weighted by Crippen LogP contribution is -2.26. The molecule has 3 N–H and O–H groups in total. The van der Waals surface area contributed by atoms with Crippen molar-refractivity contribution in [3.8, 4) is 0 Å². The van der Waals surface area contributed by atoms with Gasteiger partial charge in [0.1, 0.15) is 5.82 Å². The fourth-order valence-corrected chi connectivity index (χ4v) is 2.86. The molecule has 2 unspecified atom stereocenters. The third-order valence-electron chi connectivity index (χ3n) is 2.36. The van der Waals surface area contributed by atoms with Crippen molar-refractivity contribution in [3.05, 3.63) is 12.3 Å². The molecule has 1 aliphatic heterocycles. The highest BCUT2D eigenvalue weighted by Gasteiger charge is 2.24. The Morgan fingerprint density at radius 1 is 1.57 bits per heavy atom. The molecule has 1 aliphatic rings. The molecule has 2 rings (SSSR count). The Kier molecular flexibility index (Phi) is 2.77. The van der Waals surface area contributed by atoms with Crippen LogP contribution in [0, 0.1) is 5.92 Å². The van der Waals surface area contributed by atoms with Crippen LogP contribution in [0.15, 0.2) is 12.3 Å². The molecule has 4 nitrogen and oxygen atoms in total. The van der Waals surface area contributed by atoms with Gasteiger partial charge in [0, 0.05) is 18.0 Å². The topological polar surface area (TPSA) is 63.8 Å². The third kappa shape index (κ3) is 2.09. The van der Waals surface area contributed by atoms with Crippen LogP contribution >= 0.6 is 11.8 Å². The van der Waals surface area contributed by atoms with E-state index in [1.807, 2.05) is 11.8 Å². The number of nitrogens with one attached hydrogen (secondary N) is 1. The van der Waals surface area contributed by atoms with E-state index in [-0.39, 0.29) is 0 Å². The Bertz CT molecular complexity index is 317. The Balaban J connectivity index is 2.03. The van der Waals surface area contributed by atoms with E-state index in [4.69, 9.17) is 5.73 Å². The summed E-state index contributed by atoms with van der Waals surface area (Å²) < 4.78 is 0. The molecule has 2 heterocycles. The summed E-state index contributed by atoms with van der Waals surface area (Å²) >= 11 is 1.96. The molecular formula is C9H14N4S. The number of thioether (sulfide) groups is 1. The zero-order valence-electron chi connectivity index (χ0n) is 8.10. The maximum atomic E-state index is 5.57. The minimum atomic E-state index is 0.474. The van der Waals surface area contributed by atoms with Crippen LogP contribution < -0.4 is 11.1 Å². The van der Waals surface area contributed by atoms with E-state index in [1.54, 1.807) is 12.3 Å². The van der Waals surface area contributed by atoms with E-state index in [2.05, 4.69) is 22.2 Å². The first-order valence-corrected chi connectivity index (χ1v) is 5.84. The Labute approximate surface area is 87.7 Å². The number of nitrogens with two attached hydrogens (primary N) is 1. The van der Waals surface area contributed by atoms with Crippen LogP contribution in [0.25, 0.3) is 0 Å². The van der Waals surface area contributed by atoms with Gasteiger partial charge in [0.15, 0.2) is 0 Å². The first-order valence-electron chi connectivity index (χ1n) is 4.68. The summed E-state index contributed by atoms with van der Waals surface area (Å²) in [7, 11) is 0. The zero-order chi connectivity index (χ0) is 9.97. The van der Waals surface area contributed by atoms with Crippen molar-refractivity contribution in [2.45, 2.75) is 13.0 Å². The van der Waals surface area contributed by atoms with Crippen LogP contribution in [0.4, 0.5) is 11.8 Å². The summed E-state index contributed by atoms with van der Waals surface area (Å²) in [5.41, 5.74) is 5.57. The molecule has 0 spiro atoms. The number of rotatable bonds is 2. The van der Waals surface area contributed by atoms with Crippen molar-refractivity contribution in [1.82, 2.24) is 9.97 Å². The van der Waals surface area contributed by atoms with Crippen LogP contribution in [0.2, 0.25) is 0 Å². The number of hydrogen-bond acceptors (Lipinski definition) is 5. The van der Waals surface area contributed by atoms with Crippen molar-refractivity contribution in [2.24, 2.45) is 5.92 Å². The normalized spacial score (nSPS) is 26.4. The van der Waals surface area contributed by atoms with E-state index < -0.39 is 0 Å². The highest BCUT2D eigenvalue weighted by molar-refractivity contribution is 7.99. The van der Waals surface area contributed by atoms with Gasteiger partial charge in [0.2, 0.25) is 5.95 Å². The summed E-state index contributed by atoms with van der Waals surface area (Å²) in [5, 5.41) is 3.31. The molecule has 0 radical (unpaired) electrons. The van der Waals surface area contributed by atoms with Crippen LogP contribution in [-0.4, -0.2) is 27.5 Å². The molecule has 2 atom stereocenters.